The van der Waals surface area contributed by atoms with Crippen LogP contribution >= 0.6 is 11.8 Å². The van der Waals surface area contributed by atoms with E-state index in [9.17, 15) is 19.5 Å². The third-order valence-electron chi connectivity index (χ3n) is 9.08. The number of nitrogens with zero attached hydrogens (tertiary/aromatic N) is 2. The topological polar surface area (TPSA) is 96.4 Å². The van der Waals surface area contributed by atoms with Crippen LogP contribution in [-0.4, -0.2) is 76.2 Å². The van der Waals surface area contributed by atoms with E-state index in [4.69, 9.17) is 9.47 Å². The number of amides is 2. The Labute approximate surface area is 241 Å². The molecule has 1 N–H and O–H groups in total. The largest absolute Gasteiger partial charge is 0.497 e. The summed E-state index contributed by atoms with van der Waals surface area (Å²) in [4.78, 5) is 46.0. The molecule has 3 aliphatic heterocycles. The average Bonchev–Trinajstić information content (AvgIpc) is 3.52. The van der Waals surface area contributed by atoms with Gasteiger partial charge >= 0.3 is 5.97 Å². The molecule has 0 aromatic heterocycles. The average molecular weight is 571 g/mol. The zero-order chi connectivity index (χ0) is 29.2. The van der Waals surface area contributed by atoms with Crippen LogP contribution in [0.15, 0.2) is 49.6 Å². The molecule has 0 aliphatic carbocycles. The lowest BCUT2D eigenvalue weighted by atomic mass is 9.66. The van der Waals surface area contributed by atoms with Crippen molar-refractivity contribution in [1.82, 2.24) is 4.90 Å². The third-order valence-corrected chi connectivity index (χ3v) is 11.1. The molecule has 4 rings (SSSR count). The van der Waals surface area contributed by atoms with Crippen LogP contribution in [0.25, 0.3) is 0 Å². The lowest BCUT2D eigenvalue weighted by molar-refractivity contribution is -0.156. The van der Waals surface area contributed by atoms with E-state index >= 15 is 0 Å². The smallest absolute Gasteiger partial charge is 0.311 e. The Kier molecular flexibility index (Phi) is 9.05. The van der Waals surface area contributed by atoms with Crippen LogP contribution in [0.4, 0.5) is 5.69 Å². The minimum Gasteiger partial charge on any atom is -0.497 e. The number of likely N-dealkylation sites (tertiary alicyclic amines) is 1. The highest BCUT2D eigenvalue weighted by Crippen LogP contribution is 2.72. The molecule has 3 fully saturated rings. The van der Waals surface area contributed by atoms with Gasteiger partial charge in [-0.15, -0.1) is 24.9 Å². The van der Waals surface area contributed by atoms with E-state index in [1.54, 1.807) is 53.0 Å². The summed E-state index contributed by atoms with van der Waals surface area (Å²) in [5, 5.41) is 10.6. The SMILES string of the molecule is C=CCCOC(=O)[C@@H]1[C@H]2C(=O)N([C@@H](CO)[C@@H](C)CC)C(C(=O)N(CC=C)c3ccc(OC)cc3)C23CC[C@@]1(C)S3. The molecular weight excluding hydrogens is 528 g/mol. The van der Waals surface area contributed by atoms with Gasteiger partial charge in [0.15, 0.2) is 0 Å². The molecule has 8 nitrogen and oxygen atoms in total. The van der Waals surface area contributed by atoms with Gasteiger partial charge in [0, 0.05) is 17.0 Å². The van der Waals surface area contributed by atoms with Gasteiger partial charge in [0.25, 0.3) is 5.91 Å². The fourth-order valence-corrected chi connectivity index (χ4v) is 9.19. The lowest BCUT2D eigenvalue weighted by Crippen LogP contribution is -2.58. The van der Waals surface area contributed by atoms with E-state index in [2.05, 4.69) is 13.2 Å². The van der Waals surface area contributed by atoms with Gasteiger partial charge in [-0.1, -0.05) is 32.4 Å². The second-order valence-electron chi connectivity index (χ2n) is 11.3. The molecule has 7 atom stereocenters. The Hall–Kier alpha value is -2.78. The summed E-state index contributed by atoms with van der Waals surface area (Å²) in [6.45, 7) is 13.8. The Morgan fingerprint density at radius 3 is 2.52 bits per heavy atom. The molecule has 3 heterocycles. The van der Waals surface area contributed by atoms with E-state index in [0.29, 0.717) is 30.7 Å². The van der Waals surface area contributed by atoms with Crippen molar-refractivity contribution in [3.05, 3.63) is 49.6 Å². The quantitative estimate of drug-likeness (QED) is 0.216. The Balaban J connectivity index is 1.82. The van der Waals surface area contributed by atoms with Crippen LogP contribution in [0.1, 0.15) is 46.5 Å². The molecule has 2 bridgehead atoms. The summed E-state index contributed by atoms with van der Waals surface area (Å²) in [7, 11) is 1.58. The van der Waals surface area contributed by atoms with Crippen LogP contribution < -0.4 is 9.64 Å². The highest BCUT2D eigenvalue weighted by atomic mass is 32.2. The molecule has 40 heavy (non-hydrogen) atoms. The van der Waals surface area contributed by atoms with Gasteiger partial charge in [0.1, 0.15) is 11.8 Å². The van der Waals surface area contributed by atoms with Crippen molar-refractivity contribution in [3.63, 3.8) is 0 Å². The molecule has 0 radical (unpaired) electrons. The molecule has 218 valence electrons. The number of hydrogen-bond donors (Lipinski definition) is 1. The van der Waals surface area contributed by atoms with Gasteiger partial charge in [-0.05, 0) is 56.4 Å². The zero-order valence-corrected chi connectivity index (χ0v) is 24.8. The Morgan fingerprint density at radius 2 is 1.95 bits per heavy atom. The first kappa shape index (κ1) is 30.2. The second kappa shape index (κ2) is 12.0. The number of aliphatic hydroxyl groups excluding tert-OH is 1. The number of aliphatic hydroxyl groups is 1. The number of carbonyl (C=O) groups is 3. The Morgan fingerprint density at radius 1 is 1.25 bits per heavy atom. The van der Waals surface area contributed by atoms with Gasteiger partial charge < -0.3 is 24.4 Å². The maximum Gasteiger partial charge on any atom is 0.311 e. The first-order chi connectivity index (χ1) is 19.1. The number of fused-ring (bicyclic) bond motifs is 1. The lowest BCUT2D eigenvalue weighted by Gasteiger charge is -2.41. The van der Waals surface area contributed by atoms with Crippen molar-refractivity contribution < 1.29 is 29.0 Å². The van der Waals surface area contributed by atoms with E-state index in [0.717, 1.165) is 6.42 Å². The van der Waals surface area contributed by atoms with Crippen molar-refractivity contribution in [3.8, 4) is 5.75 Å². The van der Waals surface area contributed by atoms with Gasteiger partial charge in [-0.3, -0.25) is 14.4 Å². The van der Waals surface area contributed by atoms with Crippen molar-refractivity contribution in [2.75, 3.05) is 31.8 Å². The van der Waals surface area contributed by atoms with Gasteiger partial charge in [-0.2, -0.15) is 0 Å². The fraction of sp³-hybridized carbons (Fsp3) is 0.581. The summed E-state index contributed by atoms with van der Waals surface area (Å²) >= 11 is 1.60. The summed E-state index contributed by atoms with van der Waals surface area (Å²) in [6, 6.07) is 5.80. The summed E-state index contributed by atoms with van der Waals surface area (Å²) in [5.41, 5.74) is 0.658. The highest BCUT2D eigenvalue weighted by Gasteiger charge is 2.78. The van der Waals surface area contributed by atoms with Crippen LogP contribution in [0.2, 0.25) is 0 Å². The van der Waals surface area contributed by atoms with E-state index < -0.39 is 39.4 Å². The monoisotopic (exact) mass is 570 g/mol. The molecule has 9 heteroatoms. The van der Waals surface area contributed by atoms with E-state index in [-0.39, 0.29) is 37.5 Å². The van der Waals surface area contributed by atoms with Crippen LogP contribution in [0, 0.1) is 17.8 Å². The number of esters is 1. The van der Waals surface area contributed by atoms with Crippen LogP contribution in [0.3, 0.4) is 0 Å². The second-order valence-corrected chi connectivity index (χ2v) is 13.2. The van der Waals surface area contributed by atoms with Crippen LogP contribution in [0.5, 0.6) is 5.75 Å². The molecule has 0 saturated carbocycles. The zero-order valence-electron chi connectivity index (χ0n) is 24.0. The minimum absolute atomic E-state index is 0.0518. The minimum atomic E-state index is -0.851. The van der Waals surface area contributed by atoms with Crippen molar-refractivity contribution in [2.24, 2.45) is 17.8 Å². The van der Waals surface area contributed by atoms with Gasteiger partial charge in [-0.25, -0.2) is 0 Å². The molecule has 3 saturated heterocycles. The van der Waals surface area contributed by atoms with Crippen molar-refractivity contribution in [2.45, 2.75) is 68.0 Å². The first-order valence-electron chi connectivity index (χ1n) is 14.1. The van der Waals surface area contributed by atoms with Crippen LogP contribution in [-0.2, 0) is 19.1 Å². The molecule has 1 aromatic rings. The van der Waals surface area contributed by atoms with Gasteiger partial charge in [0.05, 0.1) is 42.9 Å². The number of anilines is 1. The van der Waals surface area contributed by atoms with Crippen molar-refractivity contribution >= 4 is 35.2 Å². The summed E-state index contributed by atoms with van der Waals surface area (Å²) in [6.07, 6.45) is 5.92. The predicted molar refractivity (Wildman–Crippen MR) is 157 cm³/mol. The van der Waals surface area contributed by atoms with E-state index in [1.807, 2.05) is 32.9 Å². The summed E-state index contributed by atoms with van der Waals surface area (Å²) in [5.74, 6) is -1.64. The standard InChI is InChI=1S/C31H42N2O6S/c1-7-10-18-39-29(37)25-24-27(35)33(23(19-34)20(4)9-3)26(31(24)16-15-30(25,5)40-31)28(36)32(17-8-2)21-11-13-22(38-6)14-12-21/h7-8,11-14,20,23-26,34H,1-2,9-10,15-19H2,3-6H3/t20-,23-,24-,25-,26?,30+,31?/m0/s1. The number of carbonyl (C=O) groups excluding carboxylic acids is 3. The molecule has 1 aromatic carbocycles. The Bertz CT molecular complexity index is 1140. The van der Waals surface area contributed by atoms with Gasteiger partial charge in [0.2, 0.25) is 5.91 Å². The molecule has 2 unspecified atom stereocenters. The summed E-state index contributed by atoms with van der Waals surface area (Å²) < 4.78 is 9.61. The van der Waals surface area contributed by atoms with Crippen molar-refractivity contribution in [1.29, 1.82) is 0 Å². The normalized spacial score (nSPS) is 30.0. The number of ether oxygens (including phenoxy) is 2. The first-order valence-corrected chi connectivity index (χ1v) is 14.9. The number of rotatable bonds is 13. The maximum absolute atomic E-state index is 14.7. The molecule has 3 aliphatic rings. The number of hydrogen-bond acceptors (Lipinski definition) is 7. The number of thioether (sulfide) groups is 1. The van der Waals surface area contributed by atoms with E-state index in [1.165, 1.54) is 0 Å². The number of benzene rings is 1. The predicted octanol–water partition coefficient (Wildman–Crippen LogP) is 4.22. The molecule has 2 amide bonds. The molecule has 1 spiro atoms. The fourth-order valence-electron chi connectivity index (χ4n) is 6.87. The third kappa shape index (κ3) is 4.85. The highest BCUT2D eigenvalue weighted by molar-refractivity contribution is 8.02. The number of methoxy groups -OCH3 is 1. The maximum atomic E-state index is 14.7. The molecular formula is C31H42N2O6S.